The van der Waals surface area contributed by atoms with E-state index in [1.807, 2.05) is 0 Å². The molecule has 1 saturated heterocycles. The lowest BCUT2D eigenvalue weighted by atomic mass is 10.0. The van der Waals surface area contributed by atoms with Gasteiger partial charge in [-0.15, -0.1) is 0 Å². The van der Waals surface area contributed by atoms with Crippen LogP contribution >= 0.6 is 19.4 Å². The molecule has 0 radical (unpaired) electrons. The highest BCUT2D eigenvalue weighted by Crippen LogP contribution is 2.52. The van der Waals surface area contributed by atoms with Gasteiger partial charge in [0.25, 0.3) is 5.91 Å². The number of allylic oxidation sites excluding steroid dienone is 2. The van der Waals surface area contributed by atoms with Crippen molar-refractivity contribution in [2.45, 2.75) is 128 Å². The number of imidazole rings is 1. The van der Waals surface area contributed by atoms with Gasteiger partial charge >= 0.3 is 7.82 Å². The molecule has 5 atom stereocenters. The van der Waals surface area contributed by atoms with Gasteiger partial charge in [-0.1, -0.05) is 114 Å². The van der Waals surface area contributed by atoms with E-state index in [1.165, 1.54) is 64.2 Å². The summed E-state index contributed by atoms with van der Waals surface area (Å²) in [6, 6.07) is 0. The van der Waals surface area contributed by atoms with Gasteiger partial charge in [-0.25, -0.2) is 9.55 Å². The van der Waals surface area contributed by atoms with E-state index in [4.69, 9.17) is 35.6 Å². The molecule has 0 saturated carbocycles. The fourth-order valence-corrected chi connectivity index (χ4v) is 6.76. The van der Waals surface area contributed by atoms with Gasteiger partial charge in [0.1, 0.15) is 12.4 Å². The van der Waals surface area contributed by atoms with Gasteiger partial charge in [-0.2, -0.15) is 0 Å². The number of aromatic hydroxyl groups is 1. The van der Waals surface area contributed by atoms with Crippen molar-refractivity contribution in [3.05, 3.63) is 35.3 Å². The number of amides is 1. The highest BCUT2D eigenvalue weighted by Gasteiger charge is 2.46. The van der Waals surface area contributed by atoms with Crippen LogP contribution in [-0.2, 0) is 27.7 Å². The number of hydrogen-bond donors (Lipinski definition) is 3. The summed E-state index contributed by atoms with van der Waals surface area (Å²) in [5.41, 5.74) is 4.73. The lowest BCUT2D eigenvalue weighted by molar-refractivity contribution is -0.128. The molecule has 1 fully saturated rings. The maximum Gasteiger partial charge on any atom is 0.475 e. The zero-order valence-electron chi connectivity index (χ0n) is 26.2. The summed E-state index contributed by atoms with van der Waals surface area (Å²) < 4.78 is 37.0. The van der Waals surface area contributed by atoms with Crippen molar-refractivity contribution >= 4 is 31.1 Å². The van der Waals surface area contributed by atoms with E-state index in [9.17, 15) is 24.4 Å². The first-order valence-electron chi connectivity index (χ1n) is 16.2. The molecule has 14 heteroatoms. The van der Waals surface area contributed by atoms with Crippen LogP contribution in [0.25, 0.3) is 0 Å². The molecule has 3 rings (SSSR count). The highest BCUT2D eigenvalue weighted by molar-refractivity contribution is 7.48. The van der Waals surface area contributed by atoms with Crippen molar-refractivity contribution in [3.8, 4) is 5.88 Å². The fraction of sp³-hybridized carbons (Fsp3) is 0.710. The van der Waals surface area contributed by atoms with Crippen LogP contribution in [0.4, 0.5) is 0 Å². The summed E-state index contributed by atoms with van der Waals surface area (Å²) in [7, 11) is -4.17. The number of hydrogen-bond acceptors (Lipinski definition) is 10. The van der Waals surface area contributed by atoms with Crippen molar-refractivity contribution in [3.63, 3.8) is 0 Å². The number of aliphatic hydroxyl groups excluding tert-OH is 1. The Morgan fingerprint density at radius 2 is 1.67 bits per heavy atom. The Balaban J connectivity index is 1.42. The van der Waals surface area contributed by atoms with E-state index in [-0.39, 0.29) is 6.61 Å². The number of nitrogens with zero attached hydrogens (tertiary/aromatic N) is 2. The molecule has 0 spiro atoms. The summed E-state index contributed by atoms with van der Waals surface area (Å²) in [6.07, 6.45) is 18.1. The molecule has 12 nitrogen and oxygen atoms in total. The van der Waals surface area contributed by atoms with Gasteiger partial charge in [0.2, 0.25) is 5.88 Å². The second kappa shape index (κ2) is 19.6. The predicted molar refractivity (Wildman–Crippen MR) is 170 cm³/mol. The average Bonchev–Trinajstić information content (AvgIpc) is 3.53. The minimum atomic E-state index is -4.17. The van der Waals surface area contributed by atoms with Crippen LogP contribution < -0.4 is 5.73 Å². The number of primary amides is 1. The standard InChI is InChI=1S/C31H49ClN3O9P/c1-2-3-4-5-6-7-8-9-10-11-12-13-14-15-20-41-45(40,44-24-18-16-23(32)17-19-24)42-21-25-27(36)28(37)31(43-25)35-22-34-26(29(33)38)30(35)39/h16-18,22,24-25,28,31,37,39H,2-15,19-21H2,1H3,(H2,33,38)/t24?,25-,28-,31-,45?/m1/s1. The van der Waals surface area contributed by atoms with Crippen LogP contribution in [0.15, 0.2) is 29.6 Å². The molecular weight excluding hydrogens is 625 g/mol. The van der Waals surface area contributed by atoms with Crippen LogP contribution in [0, 0.1) is 0 Å². The molecule has 1 amide bonds. The normalized spacial score (nSPS) is 22.9. The van der Waals surface area contributed by atoms with E-state index in [0.29, 0.717) is 17.9 Å². The van der Waals surface area contributed by atoms with Crippen LogP contribution in [0.5, 0.6) is 5.88 Å². The molecule has 2 aliphatic rings. The molecule has 1 aliphatic carbocycles. The molecule has 1 aromatic rings. The zero-order chi connectivity index (χ0) is 32.7. The summed E-state index contributed by atoms with van der Waals surface area (Å²) in [5.74, 6) is -2.44. The van der Waals surface area contributed by atoms with Gasteiger partial charge in [-0.05, 0) is 18.9 Å². The lowest BCUT2D eigenvalue weighted by Crippen LogP contribution is -2.28. The number of phosphoric ester groups is 1. The number of phosphoric acid groups is 1. The summed E-state index contributed by atoms with van der Waals surface area (Å²) in [4.78, 5) is 27.8. The second-order valence-corrected chi connectivity index (χ2v) is 13.6. The van der Waals surface area contributed by atoms with Crippen LogP contribution in [0.3, 0.4) is 0 Å². The second-order valence-electron chi connectivity index (χ2n) is 11.6. The lowest BCUT2D eigenvalue weighted by Gasteiger charge is -2.24. The third-order valence-corrected chi connectivity index (χ3v) is 9.64. The Labute approximate surface area is 270 Å². The van der Waals surface area contributed by atoms with Gasteiger partial charge < -0.3 is 20.7 Å². The van der Waals surface area contributed by atoms with Gasteiger partial charge in [0.15, 0.2) is 23.8 Å². The van der Waals surface area contributed by atoms with Gasteiger partial charge in [0, 0.05) is 5.03 Å². The van der Waals surface area contributed by atoms with Crippen molar-refractivity contribution in [2.75, 3.05) is 13.2 Å². The molecular formula is C31H49ClN3O9P. The molecule has 1 aromatic heterocycles. The third kappa shape index (κ3) is 12.2. The highest BCUT2D eigenvalue weighted by atomic mass is 35.5. The molecule has 45 heavy (non-hydrogen) atoms. The van der Waals surface area contributed by atoms with Crippen LogP contribution in [0.2, 0.25) is 0 Å². The predicted octanol–water partition coefficient (Wildman–Crippen LogP) is 6.61. The first-order chi connectivity index (χ1) is 21.6. The Hall–Kier alpha value is -2.05. The Bertz CT molecular complexity index is 1190. The van der Waals surface area contributed by atoms with Crippen LogP contribution in [0.1, 0.15) is 120 Å². The van der Waals surface area contributed by atoms with E-state index in [2.05, 4.69) is 11.9 Å². The van der Waals surface area contributed by atoms with Crippen molar-refractivity contribution in [2.24, 2.45) is 5.73 Å². The molecule has 2 heterocycles. The first-order valence-corrected chi connectivity index (χ1v) is 18.0. The van der Waals surface area contributed by atoms with E-state index >= 15 is 0 Å². The number of carbonyl (C=O) groups is 2. The number of rotatable bonds is 23. The summed E-state index contributed by atoms with van der Waals surface area (Å²) in [5, 5.41) is 21.2. The van der Waals surface area contributed by atoms with Gasteiger partial charge in [-0.3, -0.25) is 27.7 Å². The number of aromatic nitrogens is 2. The zero-order valence-corrected chi connectivity index (χ0v) is 27.8. The van der Waals surface area contributed by atoms with E-state index in [0.717, 1.165) is 30.2 Å². The van der Waals surface area contributed by atoms with Crippen molar-refractivity contribution in [1.29, 1.82) is 0 Å². The number of Topliss-reactive ketones (excluding diaryl/α,β-unsaturated/α-hetero) is 1. The Kier molecular flexibility index (Phi) is 16.3. The molecule has 2 unspecified atom stereocenters. The molecule has 0 bridgehead atoms. The molecule has 4 N–H and O–H groups in total. The maximum absolute atomic E-state index is 13.6. The smallest absolute Gasteiger partial charge is 0.475 e. The number of nitrogens with two attached hydrogens (primary N) is 1. The largest absolute Gasteiger partial charge is 0.493 e. The Morgan fingerprint density at radius 3 is 2.20 bits per heavy atom. The number of aliphatic hydroxyl groups is 1. The third-order valence-electron chi connectivity index (χ3n) is 7.87. The minimum absolute atomic E-state index is 0.131. The fourth-order valence-electron chi connectivity index (χ4n) is 5.24. The average molecular weight is 674 g/mol. The van der Waals surface area contributed by atoms with Crippen LogP contribution in [-0.4, -0.2) is 63.0 Å². The SMILES string of the molecule is CCCCCCCCCCCCCCCCOP(=O)(OC[C@H]1O[C@@H](n2cnc(C(N)=O)c2O)[C@H](O)C1=O)OC1C=CC(Cl)=CC1. The summed E-state index contributed by atoms with van der Waals surface area (Å²) >= 11 is 5.99. The monoisotopic (exact) mass is 673 g/mol. The molecule has 254 valence electrons. The molecule has 1 aliphatic heterocycles. The summed E-state index contributed by atoms with van der Waals surface area (Å²) in [6.45, 7) is 1.82. The molecule has 0 aromatic carbocycles. The number of halogens is 1. The Morgan fingerprint density at radius 1 is 1.07 bits per heavy atom. The number of ketones is 1. The van der Waals surface area contributed by atoms with Crippen molar-refractivity contribution in [1.82, 2.24) is 9.55 Å². The van der Waals surface area contributed by atoms with E-state index in [1.54, 1.807) is 18.2 Å². The minimum Gasteiger partial charge on any atom is -0.493 e. The number of carbonyl (C=O) groups excluding carboxylic acids is 2. The first kappa shape index (κ1) is 37.4. The number of ether oxygens (including phenoxy) is 1. The van der Waals surface area contributed by atoms with Gasteiger partial charge in [0.05, 0.1) is 19.3 Å². The number of unbranched alkanes of at least 4 members (excludes halogenated alkanes) is 13. The topological polar surface area (TPSA) is 172 Å². The van der Waals surface area contributed by atoms with Crippen molar-refractivity contribution < 1.29 is 42.7 Å². The quantitative estimate of drug-likeness (QED) is 0.0848. The van der Waals surface area contributed by atoms with E-state index < -0.39 is 62.2 Å². The maximum atomic E-state index is 13.6.